The van der Waals surface area contributed by atoms with Gasteiger partial charge in [0.15, 0.2) is 0 Å². The Balaban J connectivity index is 2.03. The first-order valence-corrected chi connectivity index (χ1v) is 6.66. The van der Waals surface area contributed by atoms with Gasteiger partial charge in [-0.05, 0) is 30.5 Å². The van der Waals surface area contributed by atoms with Crippen molar-refractivity contribution in [3.05, 3.63) is 42.7 Å². The zero-order chi connectivity index (χ0) is 15.2. The monoisotopic (exact) mass is 287 g/mol. The lowest BCUT2D eigenvalue weighted by Gasteiger charge is -2.13. The van der Waals surface area contributed by atoms with Crippen molar-refractivity contribution in [3.63, 3.8) is 0 Å². The van der Waals surface area contributed by atoms with E-state index in [0.29, 0.717) is 18.5 Å². The Morgan fingerprint density at radius 3 is 3.05 bits per heavy atom. The van der Waals surface area contributed by atoms with E-state index in [9.17, 15) is 9.59 Å². The summed E-state index contributed by atoms with van der Waals surface area (Å²) in [4.78, 5) is 30.2. The van der Waals surface area contributed by atoms with Crippen LogP contribution in [0, 0.1) is 0 Å². The molecule has 0 aliphatic carbocycles. The molecule has 6 heteroatoms. The van der Waals surface area contributed by atoms with Crippen LogP contribution in [0.15, 0.2) is 37.2 Å². The fraction of sp³-hybridized carbons (Fsp3) is 0.267. The van der Waals surface area contributed by atoms with Gasteiger partial charge >= 0.3 is 5.97 Å². The summed E-state index contributed by atoms with van der Waals surface area (Å²) in [6, 6.07) is 2.77. The van der Waals surface area contributed by atoms with Gasteiger partial charge in [-0.25, -0.2) is 9.78 Å². The Bertz CT molecular complexity index is 663. The van der Waals surface area contributed by atoms with Crippen LogP contribution in [0.25, 0.3) is 11.0 Å². The number of aliphatic carboxylic acids is 1. The lowest BCUT2D eigenvalue weighted by molar-refractivity contribution is -0.141. The van der Waals surface area contributed by atoms with Crippen molar-refractivity contribution in [2.24, 2.45) is 0 Å². The van der Waals surface area contributed by atoms with E-state index in [-0.39, 0.29) is 12.3 Å². The Morgan fingerprint density at radius 1 is 1.52 bits per heavy atom. The number of carbonyl (C=O) groups excluding carboxylic acids is 1. The molecule has 0 bridgehead atoms. The molecule has 3 N–H and O–H groups in total. The highest BCUT2D eigenvalue weighted by Crippen LogP contribution is 2.16. The number of hydrogen-bond acceptors (Lipinski definition) is 3. The fourth-order valence-corrected chi connectivity index (χ4v) is 2.12. The molecule has 21 heavy (non-hydrogen) atoms. The van der Waals surface area contributed by atoms with Crippen molar-refractivity contribution in [3.8, 4) is 0 Å². The van der Waals surface area contributed by atoms with E-state index in [0.717, 1.165) is 10.9 Å². The van der Waals surface area contributed by atoms with Gasteiger partial charge in [0.2, 0.25) is 5.91 Å². The average Bonchev–Trinajstić information content (AvgIpc) is 2.86. The predicted octanol–water partition coefficient (Wildman–Crippen LogP) is 1.64. The van der Waals surface area contributed by atoms with Crippen molar-refractivity contribution >= 4 is 22.9 Å². The second-order valence-electron chi connectivity index (χ2n) is 4.71. The molecule has 0 saturated carbocycles. The Hall–Kier alpha value is -2.63. The molecule has 2 aromatic heterocycles. The van der Waals surface area contributed by atoms with Crippen LogP contribution >= 0.6 is 0 Å². The number of fused-ring (bicyclic) bond motifs is 1. The highest BCUT2D eigenvalue weighted by atomic mass is 16.4. The van der Waals surface area contributed by atoms with Crippen LogP contribution in [-0.2, 0) is 16.0 Å². The van der Waals surface area contributed by atoms with E-state index >= 15 is 0 Å². The maximum absolute atomic E-state index is 12.0. The van der Waals surface area contributed by atoms with Gasteiger partial charge < -0.3 is 15.4 Å². The summed E-state index contributed by atoms with van der Waals surface area (Å²) in [5.74, 6) is -1.36. The summed E-state index contributed by atoms with van der Waals surface area (Å²) in [5.41, 5.74) is 1.50. The van der Waals surface area contributed by atoms with Gasteiger partial charge in [-0.15, -0.1) is 6.58 Å². The summed E-state index contributed by atoms with van der Waals surface area (Å²) < 4.78 is 0. The minimum Gasteiger partial charge on any atom is -0.480 e. The second kappa shape index (κ2) is 6.69. The van der Waals surface area contributed by atoms with Crippen LogP contribution in [0.1, 0.15) is 18.4 Å². The number of carboxylic acids is 1. The predicted molar refractivity (Wildman–Crippen MR) is 78.8 cm³/mol. The number of carbonyl (C=O) groups is 2. The van der Waals surface area contributed by atoms with Crippen molar-refractivity contribution in [1.29, 1.82) is 0 Å². The Labute approximate surface area is 121 Å². The number of nitrogens with zero attached hydrogens (tertiary/aromatic N) is 1. The molecule has 0 aromatic carbocycles. The number of H-pyrrole nitrogens is 1. The molecule has 2 rings (SSSR count). The van der Waals surface area contributed by atoms with Gasteiger partial charge in [-0.3, -0.25) is 4.79 Å². The Morgan fingerprint density at radius 2 is 2.33 bits per heavy atom. The number of nitrogens with one attached hydrogen (secondary N) is 2. The summed E-state index contributed by atoms with van der Waals surface area (Å²) >= 11 is 0. The van der Waals surface area contributed by atoms with Crippen LogP contribution in [0.3, 0.4) is 0 Å². The molecule has 1 unspecified atom stereocenters. The van der Waals surface area contributed by atoms with E-state index in [1.807, 2.05) is 6.07 Å². The van der Waals surface area contributed by atoms with Crippen LogP contribution in [0.4, 0.5) is 0 Å². The van der Waals surface area contributed by atoms with Crippen molar-refractivity contribution in [1.82, 2.24) is 15.3 Å². The highest BCUT2D eigenvalue weighted by molar-refractivity contribution is 5.89. The molecule has 0 aliphatic heterocycles. The van der Waals surface area contributed by atoms with E-state index in [1.54, 1.807) is 24.5 Å². The van der Waals surface area contributed by atoms with Crippen LogP contribution in [0.2, 0.25) is 0 Å². The summed E-state index contributed by atoms with van der Waals surface area (Å²) in [6.45, 7) is 3.55. The van der Waals surface area contributed by atoms with Gasteiger partial charge in [0, 0.05) is 17.8 Å². The Kier molecular flexibility index (Phi) is 4.71. The molecule has 2 heterocycles. The van der Waals surface area contributed by atoms with Gasteiger partial charge in [0.1, 0.15) is 11.7 Å². The van der Waals surface area contributed by atoms with Gasteiger partial charge in [-0.1, -0.05) is 6.08 Å². The molecule has 6 nitrogen and oxygen atoms in total. The topological polar surface area (TPSA) is 95.1 Å². The summed E-state index contributed by atoms with van der Waals surface area (Å²) in [6.07, 6.45) is 6.00. The minimum absolute atomic E-state index is 0.115. The second-order valence-corrected chi connectivity index (χ2v) is 4.71. The lowest BCUT2D eigenvalue weighted by Crippen LogP contribution is -2.41. The molecular weight excluding hydrogens is 270 g/mol. The normalized spacial score (nSPS) is 12.0. The standard InChI is InChI=1S/C15H17N3O3/c1-2-3-6-12(15(20)21)18-13(19)8-10-9-17-14-11(10)5-4-7-16-14/h2,4-5,7,9,12H,1,3,6,8H2,(H,16,17)(H,18,19)(H,20,21). The number of allylic oxidation sites excluding steroid dienone is 1. The van der Waals surface area contributed by atoms with E-state index in [2.05, 4.69) is 21.9 Å². The molecule has 110 valence electrons. The third-order valence-electron chi connectivity index (χ3n) is 3.18. The maximum Gasteiger partial charge on any atom is 0.326 e. The molecule has 0 spiro atoms. The van der Waals surface area contributed by atoms with E-state index in [1.165, 1.54) is 0 Å². The third-order valence-corrected chi connectivity index (χ3v) is 3.18. The number of pyridine rings is 1. The molecule has 0 aliphatic rings. The van der Waals surface area contributed by atoms with Gasteiger partial charge in [-0.2, -0.15) is 0 Å². The number of aromatic amines is 1. The first kappa shape index (κ1) is 14.8. The summed E-state index contributed by atoms with van der Waals surface area (Å²) in [5, 5.41) is 12.5. The van der Waals surface area contributed by atoms with Crippen molar-refractivity contribution in [2.75, 3.05) is 0 Å². The first-order chi connectivity index (χ1) is 10.1. The molecule has 1 atom stereocenters. The van der Waals surface area contributed by atoms with Crippen molar-refractivity contribution < 1.29 is 14.7 Å². The van der Waals surface area contributed by atoms with Crippen LogP contribution in [0.5, 0.6) is 0 Å². The van der Waals surface area contributed by atoms with Crippen molar-refractivity contribution in [2.45, 2.75) is 25.3 Å². The molecule has 1 amide bonds. The quantitative estimate of drug-likeness (QED) is 0.675. The highest BCUT2D eigenvalue weighted by Gasteiger charge is 2.19. The summed E-state index contributed by atoms with van der Waals surface area (Å²) in [7, 11) is 0. The number of amides is 1. The number of rotatable bonds is 7. The molecule has 2 aromatic rings. The van der Waals surface area contributed by atoms with E-state index in [4.69, 9.17) is 5.11 Å². The van der Waals surface area contributed by atoms with E-state index < -0.39 is 12.0 Å². The molecule has 0 radical (unpaired) electrons. The minimum atomic E-state index is -1.04. The fourth-order valence-electron chi connectivity index (χ4n) is 2.12. The lowest BCUT2D eigenvalue weighted by atomic mass is 10.1. The zero-order valence-electron chi connectivity index (χ0n) is 11.5. The molecule has 0 saturated heterocycles. The molecule has 0 fully saturated rings. The maximum atomic E-state index is 12.0. The zero-order valence-corrected chi connectivity index (χ0v) is 11.5. The first-order valence-electron chi connectivity index (χ1n) is 6.66. The molecular formula is C15H17N3O3. The van der Waals surface area contributed by atoms with Crippen LogP contribution in [-0.4, -0.2) is 33.0 Å². The van der Waals surface area contributed by atoms with Crippen LogP contribution < -0.4 is 5.32 Å². The van der Waals surface area contributed by atoms with Gasteiger partial charge in [0.05, 0.1) is 6.42 Å². The third kappa shape index (κ3) is 3.68. The van der Waals surface area contributed by atoms with Gasteiger partial charge in [0.25, 0.3) is 0 Å². The smallest absolute Gasteiger partial charge is 0.326 e. The average molecular weight is 287 g/mol. The largest absolute Gasteiger partial charge is 0.480 e. The number of aromatic nitrogens is 2. The number of carboxylic acid groups (broad SMARTS) is 1. The number of hydrogen-bond donors (Lipinski definition) is 3. The SMILES string of the molecule is C=CCCC(NC(=O)Cc1c[nH]c2ncccc12)C(=O)O.